The summed E-state index contributed by atoms with van der Waals surface area (Å²) in [4.78, 5) is 29.2. The Balaban J connectivity index is 1.27. The Morgan fingerprint density at radius 2 is 1.82 bits per heavy atom. The number of carbonyl (C=O) groups is 2. The minimum atomic E-state index is -4.41. The molecule has 2 aromatic carbocycles. The lowest BCUT2D eigenvalue weighted by Crippen LogP contribution is -2.44. The third-order valence-corrected chi connectivity index (χ3v) is 6.93. The van der Waals surface area contributed by atoms with Crippen molar-refractivity contribution >= 4 is 28.4 Å². The van der Waals surface area contributed by atoms with Gasteiger partial charge in [-0.25, -0.2) is 0 Å². The van der Waals surface area contributed by atoms with E-state index in [1.54, 1.807) is 11.1 Å². The average Bonchev–Trinajstić information content (AvgIpc) is 3.38. The van der Waals surface area contributed by atoms with E-state index >= 15 is 0 Å². The largest absolute Gasteiger partial charge is 0.416 e. The molecule has 0 saturated carbocycles. The molecule has 3 aromatic rings. The first-order valence-electron chi connectivity index (χ1n) is 10.9. The average molecular weight is 456 g/mol. The lowest BCUT2D eigenvalue weighted by atomic mass is 9.77. The maximum Gasteiger partial charge on any atom is 0.416 e. The van der Waals surface area contributed by atoms with Gasteiger partial charge in [0, 0.05) is 48.1 Å². The Hall–Kier alpha value is -3.36. The number of nitrogens with one attached hydrogen (secondary N) is 1. The fraction of sp³-hybridized carbons (Fsp3) is 0.375. The third kappa shape index (κ3) is 3.85. The summed E-state index contributed by atoms with van der Waals surface area (Å²) in [6.07, 6.45) is -1.02. The molecule has 6 nitrogen and oxygen atoms in total. The molecule has 0 radical (unpaired) electrons. The summed E-state index contributed by atoms with van der Waals surface area (Å²) in [7, 11) is 0. The van der Waals surface area contributed by atoms with Crippen LogP contribution in [-0.4, -0.2) is 46.5 Å². The number of benzene rings is 2. The molecule has 2 saturated heterocycles. The smallest absolute Gasteiger partial charge is 0.339 e. The zero-order chi connectivity index (χ0) is 23.4. The number of alkyl halides is 3. The topological polar surface area (TPSA) is 69.3 Å². The quantitative estimate of drug-likeness (QED) is 0.615. The van der Waals surface area contributed by atoms with Crippen LogP contribution in [0.5, 0.6) is 0 Å². The van der Waals surface area contributed by atoms with E-state index in [4.69, 9.17) is 0 Å². The van der Waals surface area contributed by atoms with Gasteiger partial charge in [0.2, 0.25) is 5.91 Å². The molecule has 0 aliphatic carbocycles. The van der Waals surface area contributed by atoms with E-state index < -0.39 is 11.7 Å². The summed E-state index contributed by atoms with van der Waals surface area (Å²) in [6.45, 7) is 3.46. The molecule has 2 aliphatic heterocycles. The lowest BCUT2D eigenvalue weighted by molar-refractivity contribution is -0.137. The summed E-state index contributed by atoms with van der Waals surface area (Å²) in [5.41, 5.74) is 1.97. The Morgan fingerprint density at radius 3 is 2.48 bits per heavy atom. The summed E-state index contributed by atoms with van der Waals surface area (Å²) in [5.74, 6) is -0.129. The van der Waals surface area contributed by atoms with Crippen LogP contribution in [0.2, 0.25) is 0 Å². The fourth-order valence-corrected chi connectivity index (χ4v) is 5.02. The number of aryl methyl sites for hydroxylation is 1. The molecule has 1 spiro atoms. The zero-order valence-electron chi connectivity index (χ0n) is 18.1. The highest BCUT2D eigenvalue weighted by molar-refractivity contribution is 5.99. The molecule has 2 amide bonds. The van der Waals surface area contributed by atoms with E-state index in [0.29, 0.717) is 50.1 Å². The van der Waals surface area contributed by atoms with E-state index in [-0.39, 0.29) is 17.2 Å². The van der Waals surface area contributed by atoms with Crippen molar-refractivity contribution < 1.29 is 22.8 Å². The van der Waals surface area contributed by atoms with Crippen molar-refractivity contribution in [3.05, 3.63) is 59.3 Å². The van der Waals surface area contributed by atoms with Gasteiger partial charge in [-0.2, -0.15) is 18.3 Å². The first-order chi connectivity index (χ1) is 15.7. The number of hydrogen-bond acceptors (Lipinski definition) is 3. The summed E-state index contributed by atoms with van der Waals surface area (Å²) in [5, 5.41) is 7.86. The second-order valence-electron chi connectivity index (χ2n) is 9.12. The Kier molecular flexibility index (Phi) is 4.95. The number of halogens is 3. The predicted molar refractivity (Wildman–Crippen MR) is 117 cm³/mol. The molecule has 172 valence electrons. The number of anilines is 1. The molecule has 3 heterocycles. The number of aromatic amines is 1. The van der Waals surface area contributed by atoms with Crippen molar-refractivity contribution in [2.75, 3.05) is 24.5 Å². The molecule has 5 rings (SSSR count). The number of nitrogens with zero attached hydrogens (tertiary/aromatic N) is 3. The van der Waals surface area contributed by atoms with Crippen LogP contribution in [-0.2, 0) is 11.0 Å². The summed E-state index contributed by atoms with van der Waals surface area (Å²) < 4.78 is 38.5. The van der Waals surface area contributed by atoms with Crippen molar-refractivity contribution in [3.8, 4) is 0 Å². The van der Waals surface area contributed by atoms with Crippen LogP contribution in [0.1, 0.15) is 40.7 Å². The van der Waals surface area contributed by atoms with Gasteiger partial charge < -0.3 is 9.80 Å². The lowest BCUT2D eigenvalue weighted by Gasteiger charge is -2.38. The number of carbonyl (C=O) groups excluding carboxylic acids is 2. The van der Waals surface area contributed by atoms with Gasteiger partial charge >= 0.3 is 6.18 Å². The van der Waals surface area contributed by atoms with Gasteiger partial charge in [0.15, 0.2) is 0 Å². The minimum Gasteiger partial charge on any atom is -0.339 e. The van der Waals surface area contributed by atoms with E-state index in [0.717, 1.165) is 28.6 Å². The van der Waals surface area contributed by atoms with Crippen LogP contribution in [0.25, 0.3) is 10.9 Å². The number of aromatic nitrogens is 2. The predicted octanol–water partition coefficient (Wildman–Crippen LogP) is 4.55. The normalized spacial score (nSPS) is 18.5. The molecular weight excluding hydrogens is 433 g/mol. The van der Waals surface area contributed by atoms with Crippen molar-refractivity contribution in [2.45, 2.75) is 32.4 Å². The van der Waals surface area contributed by atoms with Crippen LogP contribution in [0.4, 0.5) is 18.9 Å². The minimum absolute atomic E-state index is 0.0417. The van der Waals surface area contributed by atoms with Crippen LogP contribution in [0, 0.1) is 12.3 Å². The van der Waals surface area contributed by atoms with Crippen molar-refractivity contribution in [2.24, 2.45) is 5.41 Å². The molecule has 0 unspecified atom stereocenters. The highest BCUT2D eigenvalue weighted by Crippen LogP contribution is 2.43. The zero-order valence-corrected chi connectivity index (χ0v) is 18.1. The van der Waals surface area contributed by atoms with E-state index in [1.807, 2.05) is 24.0 Å². The van der Waals surface area contributed by atoms with Gasteiger partial charge in [0.1, 0.15) is 0 Å². The van der Waals surface area contributed by atoms with Gasteiger partial charge in [-0.05, 0) is 61.7 Å². The summed E-state index contributed by atoms with van der Waals surface area (Å²) in [6, 6.07) is 8.42. The molecule has 1 N–H and O–H groups in total. The van der Waals surface area contributed by atoms with Gasteiger partial charge in [0.05, 0.1) is 17.3 Å². The van der Waals surface area contributed by atoms with Crippen molar-refractivity contribution in [1.82, 2.24) is 15.1 Å². The molecular formula is C24H23F3N4O2. The number of likely N-dealkylation sites (tertiary alicyclic amines) is 1. The van der Waals surface area contributed by atoms with Crippen molar-refractivity contribution in [3.63, 3.8) is 0 Å². The fourth-order valence-electron chi connectivity index (χ4n) is 5.02. The first kappa shape index (κ1) is 21.5. The molecule has 1 aromatic heterocycles. The van der Waals surface area contributed by atoms with Crippen LogP contribution in [0.15, 0.2) is 42.6 Å². The number of piperidine rings is 1. The number of amides is 2. The molecule has 0 atom stereocenters. The van der Waals surface area contributed by atoms with Gasteiger partial charge in [-0.3, -0.25) is 14.7 Å². The second kappa shape index (κ2) is 7.60. The maximum absolute atomic E-state index is 13.1. The number of fused-ring (bicyclic) bond motifs is 1. The highest BCUT2D eigenvalue weighted by atomic mass is 19.4. The van der Waals surface area contributed by atoms with Crippen LogP contribution < -0.4 is 4.90 Å². The first-order valence-corrected chi connectivity index (χ1v) is 10.9. The number of rotatable bonds is 2. The monoisotopic (exact) mass is 456 g/mol. The summed E-state index contributed by atoms with van der Waals surface area (Å²) >= 11 is 0. The van der Waals surface area contributed by atoms with Crippen LogP contribution >= 0.6 is 0 Å². The van der Waals surface area contributed by atoms with E-state index in [9.17, 15) is 22.8 Å². The second-order valence-corrected chi connectivity index (χ2v) is 9.12. The molecule has 0 bridgehead atoms. The SMILES string of the molecule is Cc1cc(C(=O)N2CCC3(CC2)CC(=O)N(c2ccc(C(F)(F)F)cc2)C3)cc2cn[nH]c12. The van der Waals surface area contributed by atoms with Crippen LogP contribution in [0.3, 0.4) is 0 Å². The Labute approximate surface area is 188 Å². The van der Waals surface area contributed by atoms with Gasteiger partial charge in [-0.15, -0.1) is 0 Å². The van der Waals surface area contributed by atoms with Gasteiger partial charge in [-0.1, -0.05) is 0 Å². The highest BCUT2D eigenvalue weighted by Gasteiger charge is 2.46. The third-order valence-electron chi connectivity index (χ3n) is 6.93. The molecule has 2 aliphatic rings. The van der Waals surface area contributed by atoms with Crippen molar-refractivity contribution in [1.29, 1.82) is 0 Å². The Morgan fingerprint density at radius 1 is 1.12 bits per heavy atom. The van der Waals surface area contributed by atoms with Gasteiger partial charge in [0.25, 0.3) is 5.91 Å². The molecule has 2 fully saturated rings. The molecule has 33 heavy (non-hydrogen) atoms. The number of hydrogen-bond donors (Lipinski definition) is 1. The van der Waals surface area contributed by atoms with E-state index in [1.165, 1.54) is 12.1 Å². The standard InChI is InChI=1S/C24H23F3N4O2/c1-15-10-16(11-17-13-28-29-21(15)17)22(33)30-8-6-23(7-9-30)12-20(32)31(14-23)19-4-2-18(3-5-19)24(25,26)27/h2-5,10-11,13H,6-9,12,14H2,1H3,(H,28,29). The van der Waals surface area contributed by atoms with E-state index in [2.05, 4.69) is 10.2 Å². The maximum atomic E-state index is 13.1. The molecule has 9 heteroatoms. The Bertz CT molecular complexity index is 1220. The number of H-pyrrole nitrogens is 1.